The van der Waals surface area contributed by atoms with Gasteiger partial charge in [-0.15, -0.1) is 0 Å². The molecule has 0 amide bonds. The van der Waals surface area contributed by atoms with Crippen LogP contribution in [0.5, 0.6) is 0 Å². The summed E-state index contributed by atoms with van der Waals surface area (Å²) in [7, 11) is 0. The molecule has 0 saturated heterocycles. The molecule has 0 heterocycles. The van der Waals surface area contributed by atoms with Gasteiger partial charge in [0.15, 0.2) is 0 Å². The summed E-state index contributed by atoms with van der Waals surface area (Å²) in [5.74, 6) is 0.435. The number of aliphatic hydroxyl groups is 4. The number of hydrogen-bond donors (Lipinski definition) is 5. The van der Waals surface area contributed by atoms with Gasteiger partial charge in [0, 0.05) is 6.54 Å². The summed E-state index contributed by atoms with van der Waals surface area (Å²) in [5, 5.41) is 40.5. The summed E-state index contributed by atoms with van der Waals surface area (Å²) in [6.45, 7) is 3.13. The molecule has 1 rings (SSSR count). The number of rotatable bonds is 8. The molecule has 114 valence electrons. The fraction of sp³-hybridized carbons (Fsp3) is 0.600. The summed E-state index contributed by atoms with van der Waals surface area (Å²) in [4.78, 5) is 0. The predicted octanol–water partition coefficient (Wildman–Crippen LogP) is 0.149. The quantitative estimate of drug-likeness (QED) is 0.468. The van der Waals surface area contributed by atoms with Gasteiger partial charge in [0.1, 0.15) is 0 Å². The van der Waals surface area contributed by atoms with Crippen molar-refractivity contribution in [1.82, 2.24) is 5.32 Å². The molecule has 1 unspecified atom stereocenters. The molecule has 5 heteroatoms. The van der Waals surface area contributed by atoms with Gasteiger partial charge in [0.25, 0.3) is 0 Å². The molecule has 0 aromatic heterocycles. The predicted molar refractivity (Wildman–Crippen MR) is 77.5 cm³/mol. The molecule has 5 nitrogen and oxygen atoms in total. The second-order valence-electron chi connectivity index (χ2n) is 5.47. The van der Waals surface area contributed by atoms with Gasteiger partial charge in [-0.3, -0.25) is 0 Å². The lowest BCUT2D eigenvalue weighted by atomic mass is 9.99. The lowest BCUT2D eigenvalue weighted by molar-refractivity contribution is 0.0322. The Morgan fingerprint density at radius 2 is 1.40 bits per heavy atom. The van der Waals surface area contributed by atoms with Crippen LogP contribution < -0.4 is 5.32 Å². The molecule has 1 atom stereocenters. The van der Waals surface area contributed by atoms with Gasteiger partial charge in [-0.05, 0) is 17.0 Å². The third-order valence-corrected chi connectivity index (χ3v) is 3.57. The molecule has 0 fully saturated rings. The average Bonchev–Trinajstić information content (AvgIpc) is 2.49. The number of benzene rings is 1. The molecule has 1 aromatic carbocycles. The van der Waals surface area contributed by atoms with E-state index in [1.54, 1.807) is 0 Å². The highest BCUT2D eigenvalue weighted by Gasteiger charge is 2.28. The van der Waals surface area contributed by atoms with Crippen molar-refractivity contribution in [1.29, 1.82) is 0 Å². The minimum atomic E-state index is -1.17. The van der Waals surface area contributed by atoms with Gasteiger partial charge in [0.2, 0.25) is 0 Å². The second kappa shape index (κ2) is 7.71. The lowest BCUT2D eigenvalue weighted by Gasteiger charge is -2.30. The largest absolute Gasteiger partial charge is 0.394 e. The zero-order valence-corrected chi connectivity index (χ0v) is 12.1. The van der Waals surface area contributed by atoms with Crippen molar-refractivity contribution in [2.45, 2.75) is 31.4 Å². The van der Waals surface area contributed by atoms with Gasteiger partial charge >= 0.3 is 0 Å². The highest BCUT2D eigenvalue weighted by Crippen LogP contribution is 2.18. The van der Waals surface area contributed by atoms with Crippen LogP contribution in [0.25, 0.3) is 0 Å². The topological polar surface area (TPSA) is 93.0 Å². The van der Waals surface area contributed by atoms with Crippen LogP contribution in [-0.2, 0) is 0 Å². The summed E-state index contributed by atoms with van der Waals surface area (Å²) in [5.41, 5.74) is 0.785. The van der Waals surface area contributed by atoms with Crippen molar-refractivity contribution in [3.8, 4) is 0 Å². The maximum Gasteiger partial charge on any atom is 0.0914 e. The number of aliphatic hydroxyl groups excluding tert-OH is 4. The first-order valence-electron chi connectivity index (χ1n) is 6.83. The molecule has 0 spiro atoms. The first-order valence-corrected chi connectivity index (χ1v) is 6.83. The molecule has 0 aliphatic rings. The van der Waals surface area contributed by atoms with Gasteiger partial charge < -0.3 is 25.7 Å². The van der Waals surface area contributed by atoms with Crippen LogP contribution in [0, 0.1) is 0 Å². The van der Waals surface area contributed by atoms with Gasteiger partial charge in [0.05, 0.1) is 31.5 Å². The Morgan fingerprint density at radius 3 is 1.80 bits per heavy atom. The Morgan fingerprint density at radius 1 is 0.950 bits per heavy atom. The normalized spacial score (nSPS) is 13.8. The highest BCUT2D eigenvalue weighted by atomic mass is 16.3. The van der Waals surface area contributed by atoms with E-state index >= 15 is 0 Å². The van der Waals surface area contributed by atoms with E-state index in [9.17, 15) is 20.4 Å². The maximum absolute atomic E-state index is 10.1. The number of nitrogens with one attached hydrogen (secondary N) is 1. The summed E-state index contributed by atoms with van der Waals surface area (Å²) >= 11 is 0. The average molecular weight is 283 g/mol. The molecule has 0 bridgehead atoms. The van der Waals surface area contributed by atoms with Gasteiger partial charge in [-0.2, -0.15) is 0 Å². The van der Waals surface area contributed by atoms with Crippen molar-refractivity contribution in [3.05, 3.63) is 35.4 Å². The number of hydrogen-bond acceptors (Lipinski definition) is 5. The van der Waals surface area contributed by atoms with Crippen molar-refractivity contribution in [2.24, 2.45) is 0 Å². The second-order valence-corrected chi connectivity index (χ2v) is 5.47. The molecule has 0 aliphatic carbocycles. The Balaban J connectivity index is 2.64. The van der Waals surface area contributed by atoms with Crippen LogP contribution >= 0.6 is 0 Å². The summed E-state index contributed by atoms with van der Waals surface area (Å²) in [6.07, 6.45) is -0.764. The molecule has 0 radical (unpaired) electrons. The Kier molecular flexibility index (Phi) is 6.58. The van der Waals surface area contributed by atoms with E-state index in [-0.39, 0.29) is 6.54 Å². The maximum atomic E-state index is 10.1. The van der Waals surface area contributed by atoms with E-state index in [1.165, 1.54) is 5.56 Å². The zero-order valence-electron chi connectivity index (χ0n) is 12.1. The van der Waals surface area contributed by atoms with E-state index in [0.717, 1.165) is 5.56 Å². The van der Waals surface area contributed by atoms with Crippen LogP contribution in [0.4, 0.5) is 0 Å². The molecule has 20 heavy (non-hydrogen) atoms. The minimum Gasteiger partial charge on any atom is -0.394 e. The smallest absolute Gasteiger partial charge is 0.0914 e. The Hall–Kier alpha value is -0.980. The minimum absolute atomic E-state index is 0.142. The number of β-amino-alcohol motifs (C(OH)–C–C–N with tert-alkyl or cyclic N) is 1. The molecule has 1 aromatic rings. The first kappa shape index (κ1) is 17.1. The first-order chi connectivity index (χ1) is 9.48. The standard InChI is InChI=1S/C15H25NO4/c1-11(2)12-3-5-13(6-4-12)14(20)7-16-15(8-17,9-18)10-19/h3-6,11,14,16-20H,7-10H2,1-2H3. The van der Waals surface area contributed by atoms with E-state index in [2.05, 4.69) is 19.2 Å². The molecule has 0 aliphatic heterocycles. The Bertz CT molecular complexity index is 379. The Labute approximate surface area is 119 Å². The van der Waals surface area contributed by atoms with Crippen LogP contribution in [-0.4, -0.2) is 52.3 Å². The third kappa shape index (κ3) is 4.26. The van der Waals surface area contributed by atoms with Gasteiger partial charge in [-0.1, -0.05) is 38.1 Å². The molecular weight excluding hydrogens is 258 g/mol. The third-order valence-electron chi connectivity index (χ3n) is 3.57. The van der Waals surface area contributed by atoms with Crippen molar-refractivity contribution >= 4 is 0 Å². The molecule has 5 N–H and O–H groups in total. The molecule has 0 saturated carbocycles. The van der Waals surface area contributed by atoms with E-state index < -0.39 is 31.5 Å². The van der Waals surface area contributed by atoms with Crippen LogP contribution in [0.3, 0.4) is 0 Å². The van der Waals surface area contributed by atoms with Crippen molar-refractivity contribution in [2.75, 3.05) is 26.4 Å². The van der Waals surface area contributed by atoms with Crippen LogP contribution in [0.15, 0.2) is 24.3 Å². The van der Waals surface area contributed by atoms with Crippen molar-refractivity contribution < 1.29 is 20.4 Å². The monoisotopic (exact) mass is 283 g/mol. The zero-order chi connectivity index (χ0) is 15.2. The summed E-state index contributed by atoms with van der Waals surface area (Å²) in [6, 6.07) is 7.67. The van der Waals surface area contributed by atoms with Crippen LogP contribution in [0.1, 0.15) is 37.0 Å². The lowest BCUT2D eigenvalue weighted by Crippen LogP contribution is -2.55. The fourth-order valence-electron chi connectivity index (χ4n) is 1.85. The van der Waals surface area contributed by atoms with Crippen molar-refractivity contribution in [3.63, 3.8) is 0 Å². The van der Waals surface area contributed by atoms with E-state index in [4.69, 9.17) is 0 Å². The highest BCUT2D eigenvalue weighted by molar-refractivity contribution is 5.26. The van der Waals surface area contributed by atoms with Gasteiger partial charge in [-0.25, -0.2) is 0 Å². The SMILES string of the molecule is CC(C)c1ccc(C(O)CNC(CO)(CO)CO)cc1. The van der Waals surface area contributed by atoms with E-state index in [1.807, 2.05) is 24.3 Å². The van der Waals surface area contributed by atoms with E-state index in [0.29, 0.717) is 5.92 Å². The summed E-state index contributed by atoms with van der Waals surface area (Å²) < 4.78 is 0. The fourth-order valence-corrected chi connectivity index (χ4v) is 1.85. The molecular formula is C15H25NO4. The van der Waals surface area contributed by atoms with Crippen LogP contribution in [0.2, 0.25) is 0 Å².